The summed E-state index contributed by atoms with van der Waals surface area (Å²) < 4.78 is 0. The zero-order valence-electron chi connectivity index (χ0n) is 10.2. The average molecular weight is 219 g/mol. The number of hydrogen-bond donors (Lipinski definition) is 2. The van der Waals surface area contributed by atoms with E-state index < -0.39 is 0 Å². The van der Waals surface area contributed by atoms with Crippen LogP contribution < -0.4 is 5.32 Å². The number of nitrogens with one attached hydrogen (secondary N) is 1. The van der Waals surface area contributed by atoms with Crippen molar-refractivity contribution in [3.05, 3.63) is 29.3 Å². The normalized spacial score (nSPS) is 17.9. The fraction of sp³-hybridized carbons (Fsp3) is 0.571. The molecule has 0 aromatic heterocycles. The monoisotopic (exact) mass is 219 g/mol. The second-order valence-corrected chi connectivity index (χ2v) is 5.24. The van der Waals surface area contributed by atoms with Crippen molar-refractivity contribution in [3.8, 4) is 0 Å². The molecule has 2 nitrogen and oxygen atoms in total. The highest BCUT2D eigenvalue weighted by Crippen LogP contribution is 2.40. The van der Waals surface area contributed by atoms with Crippen LogP contribution in [0.2, 0.25) is 0 Å². The Labute approximate surface area is 97.7 Å². The van der Waals surface area contributed by atoms with Crippen molar-refractivity contribution in [3.63, 3.8) is 0 Å². The SMILES string of the molecule is Cc1cc(C)cc(NCC2(CO)CCC2)c1. The van der Waals surface area contributed by atoms with Crippen LogP contribution in [0.1, 0.15) is 30.4 Å². The maximum Gasteiger partial charge on any atom is 0.0504 e. The van der Waals surface area contributed by atoms with E-state index in [1.54, 1.807) is 0 Å². The predicted octanol–water partition coefficient (Wildman–Crippen LogP) is 2.88. The van der Waals surface area contributed by atoms with Crippen LogP contribution in [0.25, 0.3) is 0 Å². The largest absolute Gasteiger partial charge is 0.396 e. The molecule has 1 aromatic carbocycles. The molecule has 0 heterocycles. The zero-order chi connectivity index (χ0) is 11.6. The second-order valence-electron chi connectivity index (χ2n) is 5.24. The molecule has 1 aliphatic carbocycles. The van der Waals surface area contributed by atoms with E-state index in [1.807, 2.05) is 0 Å². The van der Waals surface area contributed by atoms with Crippen LogP contribution in [-0.4, -0.2) is 18.3 Å². The molecule has 0 atom stereocenters. The number of hydrogen-bond acceptors (Lipinski definition) is 2. The van der Waals surface area contributed by atoms with E-state index in [-0.39, 0.29) is 5.41 Å². The molecule has 0 amide bonds. The van der Waals surface area contributed by atoms with Crippen molar-refractivity contribution in [2.75, 3.05) is 18.5 Å². The molecule has 0 aliphatic heterocycles. The van der Waals surface area contributed by atoms with Gasteiger partial charge in [0, 0.05) is 17.6 Å². The van der Waals surface area contributed by atoms with Gasteiger partial charge in [-0.05, 0) is 49.9 Å². The lowest BCUT2D eigenvalue weighted by molar-refractivity contribution is 0.0576. The minimum absolute atomic E-state index is 0.150. The molecule has 0 unspecified atom stereocenters. The molecule has 16 heavy (non-hydrogen) atoms. The van der Waals surface area contributed by atoms with E-state index in [4.69, 9.17) is 0 Å². The summed E-state index contributed by atoms with van der Waals surface area (Å²) in [5.41, 5.74) is 3.90. The summed E-state index contributed by atoms with van der Waals surface area (Å²) in [6.45, 7) is 5.43. The number of aliphatic hydroxyl groups is 1. The highest BCUT2D eigenvalue weighted by atomic mass is 16.3. The molecule has 2 heteroatoms. The van der Waals surface area contributed by atoms with Gasteiger partial charge >= 0.3 is 0 Å². The van der Waals surface area contributed by atoms with Gasteiger partial charge in [0.2, 0.25) is 0 Å². The lowest BCUT2D eigenvalue weighted by atomic mass is 9.69. The molecule has 0 bridgehead atoms. The van der Waals surface area contributed by atoms with Crippen LogP contribution in [0, 0.1) is 19.3 Å². The molecule has 0 saturated heterocycles. The minimum Gasteiger partial charge on any atom is -0.396 e. The fourth-order valence-electron chi connectivity index (χ4n) is 2.43. The first-order valence-corrected chi connectivity index (χ1v) is 6.07. The Balaban J connectivity index is 1.98. The maximum atomic E-state index is 9.38. The molecule has 0 spiro atoms. The highest BCUT2D eigenvalue weighted by molar-refractivity contribution is 5.48. The molecule has 2 N–H and O–H groups in total. The highest BCUT2D eigenvalue weighted by Gasteiger charge is 2.35. The van der Waals surface area contributed by atoms with Crippen molar-refractivity contribution in [1.29, 1.82) is 0 Å². The third-order valence-electron chi connectivity index (χ3n) is 3.64. The van der Waals surface area contributed by atoms with Gasteiger partial charge in [-0.1, -0.05) is 12.5 Å². The zero-order valence-corrected chi connectivity index (χ0v) is 10.2. The van der Waals surface area contributed by atoms with Crippen LogP contribution in [-0.2, 0) is 0 Å². The Morgan fingerprint density at radius 1 is 1.19 bits per heavy atom. The average Bonchev–Trinajstić information content (AvgIpc) is 2.15. The van der Waals surface area contributed by atoms with Crippen molar-refractivity contribution in [2.45, 2.75) is 33.1 Å². The van der Waals surface area contributed by atoms with Gasteiger partial charge in [-0.25, -0.2) is 0 Å². The Morgan fingerprint density at radius 2 is 1.81 bits per heavy atom. The minimum atomic E-state index is 0.150. The lowest BCUT2D eigenvalue weighted by Crippen LogP contribution is -2.39. The number of benzene rings is 1. The predicted molar refractivity (Wildman–Crippen MR) is 67.8 cm³/mol. The summed E-state index contributed by atoms with van der Waals surface area (Å²) >= 11 is 0. The van der Waals surface area contributed by atoms with E-state index in [0.29, 0.717) is 6.61 Å². The van der Waals surface area contributed by atoms with Crippen molar-refractivity contribution in [1.82, 2.24) is 0 Å². The molecular formula is C14H21NO. The lowest BCUT2D eigenvalue weighted by Gasteiger charge is -2.40. The number of aliphatic hydroxyl groups excluding tert-OH is 1. The molecule has 1 aliphatic rings. The summed E-state index contributed by atoms with van der Waals surface area (Å²) in [6, 6.07) is 6.50. The third kappa shape index (κ3) is 2.38. The summed E-state index contributed by atoms with van der Waals surface area (Å²) in [7, 11) is 0. The quantitative estimate of drug-likeness (QED) is 0.816. The van der Waals surface area contributed by atoms with E-state index >= 15 is 0 Å². The molecular weight excluding hydrogens is 198 g/mol. The Bertz CT molecular complexity index is 343. The van der Waals surface area contributed by atoms with E-state index in [1.165, 1.54) is 23.2 Å². The Kier molecular flexibility index (Phi) is 3.20. The third-order valence-corrected chi connectivity index (χ3v) is 3.64. The van der Waals surface area contributed by atoms with Gasteiger partial charge < -0.3 is 10.4 Å². The molecule has 1 saturated carbocycles. The molecule has 88 valence electrons. The van der Waals surface area contributed by atoms with Gasteiger partial charge in [0.05, 0.1) is 6.61 Å². The fourth-order valence-corrected chi connectivity index (χ4v) is 2.43. The maximum absolute atomic E-state index is 9.38. The second kappa shape index (κ2) is 4.46. The smallest absolute Gasteiger partial charge is 0.0504 e. The first-order valence-electron chi connectivity index (χ1n) is 6.07. The van der Waals surface area contributed by atoms with Crippen LogP contribution in [0.3, 0.4) is 0 Å². The summed E-state index contributed by atoms with van der Waals surface area (Å²) in [4.78, 5) is 0. The van der Waals surface area contributed by atoms with Gasteiger partial charge in [-0.3, -0.25) is 0 Å². The van der Waals surface area contributed by atoms with Gasteiger partial charge in [0.15, 0.2) is 0 Å². The van der Waals surface area contributed by atoms with Gasteiger partial charge in [0.25, 0.3) is 0 Å². The molecule has 1 fully saturated rings. The topological polar surface area (TPSA) is 32.3 Å². The van der Waals surface area contributed by atoms with E-state index in [9.17, 15) is 5.11 Å². The van der Waals surface area contributed by atoms with E-state index in [0.717, 1.165) is 19.4 Å². The Morgan fingerprint density at radius 3 is 2.25 bits per heavy atom. The first kappa shape index (κ1) is 11.5. The molecule has 1 aromatic rings. The van der Waals surface area contributed by atoms with Crippen LogP contribution in [0.4, 0.5) is 5.69 Å². The number of anilines is 1. The number of rotatable bonds is 4. The standard InChI is InChI=1S/C14H21NO/c1-11-6-12(2)8-13(7-11)15-9-14(10-16)4-3-5-14/h6-8,15-16H,3-5,9-10H2,1-2H3. The van der Waals surface area contributed by atoms with Crippen LogP contribution >= 0.6 is 0 Å². The van der Waals surface area contributed by atoms with E-state index in [2.05, 4.69) is 37.4 Å². The first-order chi connectivity index (χ1) is 7.63. The number of aryl methyl sites for hydroxylation is 2. The summed E-state index contributed by atoms with van der Waals surface area (Å²) in [6.07, 6.45) is 3.57. The Hall–Kier alpha value is -1.02. The molecule has 0 radical (unpaired) electrons. The van der Waals surface area contributed by atoms with Crippen LogP contribution in [0.15, 0.2) is 18.2 Å². The van der Waals surface area contributed by atoms with Crippen LogP contribution in [0.5, 0.6) is 0 Å². The van der Waals surface area contributed by atoms with Crippen molar-refractivity contribution < 1.29 is 5.11 Å². The van der Waals surface area contributed by atoms with Gasteiger partial charge in [-0.2, -0.15) is 0 Å². The summed E-state index contributed by atoms with van der Waals surface area (Å²) in [5, 5.41) is 12.8. The van der Waals surface area contributed by atoms with Gasteiger partial charge in [0.1, 0.15) is 0 Å². The molecule has 2 rings (SSSR count). The summed E-state index contributed by atoms with van der Waals surface area (Å²) in [5.74, 6) is 0. The van der Waals surface area contributed by atoms with Crippen molar-refractivity contribution in [2.24, 2.45) is 5.41 Å². The van der Waals surface area contributed by atoms with Gasteiger partial charge in [-0.15, -0.1) is 0 Å². The van der Waals surface area contributed by atoms with Crippen molar-refractivity contribution >= 4 is 5.69 Å².